The van der Waals surface area contributed by atoms with Gasteiger partial charge >= 0.3 is 6.09 Å². The van der Waals surface area contributed by atoms with Gasteiger partial charge in [0.1, 0.15) is 0 Å². The Hall–Kier alpha value is -1.77. The topological polar surface area (TPSA) is 38.3 Å². The van der Waals surface area contributed by atoms with Crippen molar-refractivity contribution in [2.75, 3.05) is 11.9 Å². The Balaban J connectivity index is 2.17. The van der Waals surface area contributed by atoms with Crippen molar-refractivity contribution in [3.8, 4) is 0 Å². The molecule has 0 aromatic heterocycles. The van der Waals surface area contributed by atoms with Crippen LogP contribution in [-0.4, -0.2) is 12.7 Å². The maximum absolute atomic E-state index is 11.5. The van der Waals surface area contributed by atoms with Crippen molar-refractivity contribution in [3.05, 3.63) is 42.0 Å². The van der Waals surface area contributed by atoms with Gasteiger partial charge in [0.05, 0.1) is 6.61 Å². The molecule has 1 aromatic rings. The lowest BCUT2D eigenvalue weighted by Gasteiger charge is -2.20. The lowest BCUT2D eigenvalue weighted by molar-refractivity contribution is 0.168. The number of hydrogen-bond acceptors (Lipinski definition) is 2. The maximum Gasteiger partial charge on any atom is 0.411 e. The van der Waals surface area contributed by atoms with Gasteiger partial charge in [-0.1, -0.05) is 30.4 Å². The van der Waals surface area contributed by atoms with E-state index in [-0.39, 0.29) is 6.09 Å². The number of amides is 1. The molecule has 0 spiro atoms. The van der Waals surface area contributed by atoms with E-state index in [0.717, 1.165) is 18.5 Å². The van der Waals surface area contributed by atoms with Gasteiger partial charge in [0.25, 0.3) is 0 Å². The van der Waals surface area contributed by atoms with E-state index < -0.39 is 0 Å². The van der Waals surface area contributed by atoms with Gasteiger partial charge < -0.3 is 4.74 Å². The lowest BCUT2D eigenvalue weighted by atomic mass is 9.88. The number of allylic oxidation sites excluding steroid dienone is 2. The van der Waals surface area contributed by atoms with Crippen LogP contribution >= 0.6 is 0 Å². The van der Waals surface area contributed by atoms with Crippen LogP contribution in [0.2, 0.25) is 0 Å². The van der Waals surface area contributed by atoms with Crippen LogP contribution < -0.4 is 5.32 Å². The van der Waals surface area contributed by atoms with Crippen molar-refractivity contribution in [2.24, 2.45) is 0 Å². The van der Waals surface area contributed by atoms with Crippen molar-refractivity contribution in [3.63, 3.8) is 0 Å². The SMILES string of the molecule is CCOC(=O)Nc1ccccc1C1C=CCCC1. The van der Waals surface area contributed by atoms with E-state index in [1.807, 2.05) is 18.2 Å². The van der Waals surface area contributed by atoms with E-state index in [9.17, 15) is 4.79 Å². The molecule has 1 amide bonds. The molecule has 3 nitrogen and oxygen atoms in total. The molecule has 2 rings (SSSR count). The summed E-state index contributed by atoms with van der Waals surface area (Å²) in [6.07, 6.45) is 7.56. The Bertz CT molecular complexity index is 440. The number of ether oxygens (including phenoxy) is 1. The van der Waals surface area contributed by atoms with Crippen LogP contribution in [0.25, 0.3) is 0 Å². The smallest absolute Gasteiger partial charge is 0.411 e. The second-order valence-corrected chi connectivity index (χ2v) is 4.40. The average molecular weight is 245 g/mol. The highest BCUT2D eigenvalue weighted by Crippen LogP contribution is 2.32. The first-order valence-electron chi connectivity index (χ1n) is 6.50. The fourth-order valence-corrected chi connectivity index (χ4v) is 2.28. The monoisotopic (exact) mass is 245 g/mol. The minimum absolute atomic E-state index is 0.385. The summed E-state index contributed by atoms with van der Waals surface area (Å²) in [5, 5.41) is 2.81. The van der Waals surface area contributed by atoms with E-state index in [0.29, 0.717) is 12.5 Å². The van der Waals surface area contributed by atoms with Crippen LogP contribution in [0, 0.1) is 0 Å². The van der Waals surface area contributed by atoms with E-state index >= 15 is 0 Å². The second kappa shape index (κ2) is 6.24. The highest BCUT2D eigenvalue weighted by molar-refractivity contribution is 5.85. The molecule has 18 heavy (non-hydrogen) atoms. The van der Waals surface area contributed by atoms with E-state index in [2.05, 4.69) is 23.5 Å². The van der Waals surface area contributed by atoms with Crippen LogP contribution in [0.15, 0.2) is 36.4 Å². The summed E-state index contributed by atoms with van der Waals surface area (Å²) in [6, 6.07) is 7.93. The molecule has 0 aliphatic heterocycles. The molecule has 0 saturated carbocycles. The van der Waals surface area contributed by atoms with E-state index in [4.69, 9.17) is 4.74 Å². The Morgan fingerprint density at radius 3 is 3.00 bits per heavy atom. The molecule has 1 unspecified atom stereocenters. The summed E-state index contributed by atoms with van der Waals surface area (Å²) in [5.41, 5.74) is 2.02. The number of nitrogens with one attached hydrogen (secondary N) is 1. The molecule has 0 bridgehead atoms. The quantitative estimate of drug-likeness (QED) is 0.815. The third-order valence-corrected chi connectivity index (χ3v) is 3.13. The van der Waals surface area contributed by atoms with Crippen molar-refractivity contribution in [2.45, 2.75) is 32.1 Å². The Morgan fingerprint density at radius 1 is 1.44 bits per heavy atom. The summed E-state index contributed by atoms with van der Waals surface area (Å²) in [6.45, 7) is 2.19. The number of benzene rings is 1. The molecule has 1 atom stereocenters. The number of anilines is 1. The first-order valence-corrected chi connectivity index (χ1v) is 6.50. The molecule has 0 radical (unpaired) electrons. The maximum atomic E-state index is 11.5. The minimum atomic E-state index is -0.385. The molecular formula is C15H19NO2. The number of carbonyl (C=O) groups excluding carboxylic acids is 1. The number of rotatable bonds is 3. The van der Waals surface area contributed by atoms with Crippen LogP contribution in [-0.2, 0) is 4.74 Å². The minimum Gasteiger partial charge on any atom is -0.450 e. The standard InChI is InChI=1S/C15H19NO2/c1-2-18-15(17)16-14-11-7-6-10-13(14)12-8-4-3-5-9-12/h4,6-8,10-12H,2-3,5,9H2,1H3,(H,16,17). The van der Waals surface area contributed by atoms with Crippen molar-refractivity contribution >= 4 is 11.8 Å². The Morgan fingerprint density at radius 2 is 2.28 bits per heavy atom. The highest BCUT2D eigenvalue weighted by atomic mass is 16.5. The number of carbonyl (C=O) groups is 1. The van der Waals surface area contributed by atoms with Crippen LogP contribution in [0.5, 0.6) is 0 Å². The van der Waals surface area contributed by atoms with Crippen LogP contribution in [0.1, 0.15) is 37.7 Å². The van der Waals surface area contributed by atoms with Crippen molar-refractivity contribution < 1.29 is 9.53 Å². The third kappa shape index (κ3) is 3.13. The Kier molecular flexibility index (Phi) is 4.40. The zero-order chi connectivity index (χ0) is 12.8. The molecular weight excluding hydrogens is 226 g/mol. The van der Waals surface area contributed by atoms with E-state index in [1.165, 1.54) is 12.0 Å². The van der Waals surface area contributed by atoms with E-state index in [1.54, 1.807) is 6.92 Å². The number of para-hydroxylation sites is 1. The zero-order valence-corrected chi connectivity index (χ0v) is 10.7. The predicted octanol–water partition coefficient (Wildman–Crippen LogP) is 4.08. The third-order valence-electron chi connectivity index (χ3n) is 3.13. The highest BCUT2D eigenvalue weighted by Gasteiger charge is 2.15. The lowest BCUT2D eigenvalue weighted by Crippen LogP contribution is -2.15. The molecule has 3 heteroatoms. The molecule has 0 fully saturated rings. The zero-order valence-electron chi connectivity index (χ0n) is 10.7. The van der Waals surface area contributed by atoms with Gasteiger partial charge in [-0.05, 0) is 37.8 Å². The predicted molar refractivity (Wildman–Crippen MR) is 72.8 cm³/mol. The largest absolute Gasteiger partial charge is 0.450 e. The van der Waals surface area contributed by atoms with Gasteiger partial charge in [-0.2, -0.15) is 0 Å². The van der Waals surface area contributed by atoms with Gasteiger partial charge in [-0.25, -0.2) is 4.79 Å². The van der Waals surface area contributed by atoms with Gasteiger partial charge in [-0.3, -0.25) is 5.32 Å². The summed E-state index contributed by atoms with van der Waals surface area (Å²) >= 11 is 0. The summed E-state index contributed by atoms with van der Waals surface area (Å²) in [5.74, 6) is 0.400. The average Bonchev–Trinajstić information content (AvgIpc) is 2.40. The number of hydrogen-bond donors (Lipinski definition) is 1. The molecule has 1 aromatic carbocycles. The molecule has 1 aliphatic rings. The van der Waals surface area contributed by atoms with Gasteiger partial charge in [0.15, 0.2) is 0 Å². The van der Waals surface area contributed by atoms with Crippen molar-refractivity contribution in [1.82, 2.24) is 0 Å². The molecule has 0 heterocycles. The normalized spacial score (nSPS) is 18.4. The van der Waals surface area contributed by atoms with Gasteiger partial charge in [-0.15, -0.1) is 0 Å². The van der Waals surface area contributed by atoms with Crippen LogP contribution in [0.3, 0.4) is 0 Å². The first kappa shape index (κ1) is 12.7. The fourth-order valence-electron chi connectivity index (χ4n) is 2.28. The first-order chi connectivity index (χ1) is 8.81. The van der Waals surface area contributed by atoms with Gasteiger partial charge in [0.2, 0.25) is 0 Å². The van der Waals surface area contributed by atoms with Crippen molar-refractivity contribution in [1.29, 1.82) is 0 Å². The second-order valence-electron chi connectivity index (χ2n) is 4.40. The fraction of sp³-hybridized carbons (Fsp3) is 0.400. The molecule has 0 saturated heterocycles. The molecule has 96 valence electrons. The van der Waals surface area contributed by atoms with Gasteiger partial charge in [0, 0.05) is 11.6 Å². The molecule has 1 aliphatic carbocycles. The summed E-state index contributed by atoms with van der Waals surface area (Å²) in [7, 11) is 0. The Labute approximate surface area is 108 Å². The summed E-state index contributed by atoms with van der Waals surface area (Å²) in [4.78, 5) is 11.5. The summed E-state index contributed by atoms with van der Waals surface area (Å²) < 4.78 is 4.92. The molecule has 1 N–H and O–H groups in total. The van der Waals surface area contributed by atoms with Crippen LogP contribution in [0.4, 0.5) is 10.5 Å².